The predicted molar refractivity (Wildman–Crippen MR) is 39.0 cm³/mol. The van der Waals surface area contributed by atoms with E-state index in [2.05, 4.69) is 15.4 Å². The summed E-state index contributed by atoms with van der Waals surface area (Å²) in [7, 11) is 1.92. The summed E-state index contributed by atoms with van der Waals surface area (Å²) >= 11 is 0. The van der Waals surface area contributed by atoms with E-state index >= 15 is 0 Å². The fraction of sp³-hybridized carbons (Fsp3) is 0.333. The molecule has 4 nitrogen and oxygen atoms in total. The molecule has 0 bridgehead atoms. The molecule has 4 heteroatoms. The Bertz CT molecular complexity index is 273. The second-order valence-electron chi connectivity index (χ2n) is 2.24. The third kappa shape index (κ3) is 0.618. The van der Waals surface area contributed by atoms with Gasteiger partial charge in [-0.25, -0.2) is 0 Å². The monoisotopic (exact) mass is 136 g/mol. The molecule has 0 radical (unpaired) electrons. The van der Waals surface area contributed by atoms with Crippen LogP contribution in [0, 0.1) is 0 Å². The summed E-state index contributed by atoms with van der Waals surface area (Å²) in [4.78, 5) is 4.05. The van der Waals surface area contributed by atoms with Gasteiger partial charge in [0.05, 0.1) is 30.5 Å². The molecule has 0 aliphatic carbocycles. The van der Waals surface area contributed by atoms with Gasteiger partial charge in [-0.05, 0) is 0 Å². The molecule has 0 aromatic carbocycles. The van der Waals surface area contributed by atoms with Crippen LogP contribution < -0.4 is 5.32 Å². The van der Waals surface area contributed by atoms with Crippen LogP contribution in [0.15, 0.2) is 11.2 Å². The first kappa shape index (κ1) is 5.46. The van der Waals surface area contributed by atoms with Crippen LogP contribution in [-0.4, -0.2) is 16.1 Å². The molecule has 2 heterocycles. The number of aromatic nitrogens is 2. The highest BCUT2D eigenvalue weighted by atomic mass is 15.3. The summed E-state index contributed by atoms with van der Waals surface area (Å²) in [5.74, 6) is 0. The second-order valence-corrected chi connectivity index (χ2v) is 2.24. The zero-order valence-corrected chi connectivity index (χ0v) is 5.70. The molecule has 2 rings (SSSR count). The molecule has 1 N–H and O–H groups in total. The van der Waals surface area contributed by atoms with Crippen molar-refractivity contribution in [1.82, 2.24) is 9.78 Å². The lowest BCUT2D eigenvalue weighted by atomic mass is 10.3. The minimum absolute atomic E-state index is 0.735. The zero-order chi connectivity index (χ0) is 6.97. The molecule has 0 amide bonds. The van der Waals surface area contributed by atoms with Crippen LogP contribution in [0.25, 0.3) is 0 Å². The van der Waals surface area contributed by atoms with Crippen molar-refractivity contribution in [3.05, 3.63) is 11.9 Å². The van der Waals surface area contributed by atoms with Crippen LogP contribution >= 0.6 is 0 Å². The summed E-state index contributed by atoms with van der Waals surface area (Å²) in [6.07, 6.45) is 3.50. The standard InChI is InChI=1S/C6H8N4/c1-10-6-3-7-4-8-5(6)2-9-10/h2,4H,3H2,1H3,(H,7,8). The van der Waals surface area contributed by atoms with Crippen molar-refractivity contribution in [2.45, 2.75) is 6.54 Å². The maximum atomic E-state index is 4.07. The fourth-order valence-corrected chi connectivity index (χ4v) is 1.02. The Kier molecular flexibility index (Phi) is 1.00. The van der Waals surface area contributed by atoms with Gasteiger partial charge in [0.2, 0.25) is 0 Å². The summed E-state index contributed by atoms with van der Waals surface area (Å²) < 4.78 is 1.83. The third-order valence-corrected chi connectivity index (χ3v) is 1.61. The Morgan fingerprint density at radius 2 is 2.60 bits per heavy atom. The molecule has 1 aromatic rings. The molecule has 0 saturated carbocycles. The molecule has 0 atom stereocenters. The molecule has 0 unspecified atom stereocenters. The molecule has 10 heavy (non-hydrogen) atoms. The largest absolute Gasteiger partial charge is 0.344 e. The van der Waals surface area contributed by atoms with Crippen LogP contribution in [0.3, 0.4) is 0 Å². The lowest BCUT2D eigenvalue weighted by Crippen LogP contribution is -2.06. The number of aliphatic imine (C=N–C) groups is 1. The second kappa shape index (κ2) is 1.83. The highest BCUT2D eigenvalue weighted by Gasteiger charge is 2.08. The first-order valence-corrected chi connectivity index (χ1v) is 3.13. The minimum Gasteiger partial charge on any atom is -0.344 e. The minimum atomic E-state index is 0.735. The summed E-state index contributed by atoms with van der Waals surface area (Å²) in [5.41, 5.74) is 2.21. The van der Waals surface area contributed by atoms with Gasteiger partial charge in [-0.2, -0.15) is 5.10 Å². The van der Waals surface area contributed by atoms with Gasteiger partial charge in [0.1, 0.15) is 0 Å². The topological polar surface area (TPSA) is 42.2 Å². The molecule has 1 aliphatic rings. The van der Waals surface area contributed by atoms with Gasteiger partial charge in [-0.1, -0.05) is 0 Å². The number of hydrogen-bond acceptors (Lipinski definition) is 3. The summed E-state index contributed by atoms with van der Waals surface area (Å²) in [6, 6.07) is 0. The van der Waals surface area contributed by atoms with Crippen LogP contribution in [-0.2, 0) is 13.6 Å². The molecule has 0 spiro atoms. The maximum Gasteiger partial charge on any atom is 0.0873 e. The highest BCUT2D eigenvalue weighted by Crippen LogP contribution is 2.16. The van der Waals surface area contributed by atoms with Crippen LogP contribution in [0.1, 0.15) is 5.69 Å². The normalized spacial score (nSPS) is 14.5. The van der Waals surface area contributed by atoms with Crippen LogP contribution in [0.4, 0.5) is 5.69 Å². The van der Waals surface area contributed by atoms with E-state index in [0.717, 1.165) is 17.9 Å². The molecule has 0 fully saturated rings. The van der Waals surface area contributed by atoms with E-state index in [1.165, 1.54) is 0 Å². The van der Waals surface area contributed by atoms with E-state index in [1.807, 2.05) is 11.7 Å². The van der Waals surface area contributed by atoms with Crippen molar-refractivity contribution in [2.24, 2.45) is 12.0 Å². The number of fused-ring (bicyclic) bond motifs is 1. The van der Waals surface area contributed by atoms with E-state index < -0.39 is 0 Å². The fourth-order valence-electron chi connectivity index (χ4n) is 1.02. The Labute approximate surface area is 58.6 Å². The molecule has 52 valence electrons. The van der Waals surface area contributed by atoms with Crippen molar-refractivity contribution in [2.75, 3.05) is 5.32 Å². The predicted octanol–water partition coefficient (Wildman–Crippen LogP) is 0.374. The van der Waals surface area contributed by atoms with Crippen molar-refractivity contribution in [3.63, 3.8) is 0 Å². The van der Waals surface area contributed by atoms with Gasteiger partial charge in [-0.3, -0.25) is 9.67 Å². The van der Waals surface area contributed by atoms with Gasteiger partial charge in [0, 0.05) is 7.05 Å². The molecule has 0 saturated heterocycles. The third-order valence-electron chi connectivity index (χ3n) is 1.61. The Hall–Kier alpha value is -1.32. The molecule has 1 aliphatic heterocycles. The smallest absolute Gasteiger partial charge is 0.0873 e. The number of nitrogens with zero attached hydrogens (tertiary/aromatic N) is 3. The zero-order valence-electron chi connectivity index (χ0n) is 5.70. The highest BCUT2D eigenvalue weighted by molar-refractivity contribution is 5.78. The van der Waals surface area contributed by atoms with Gasteiger partial charge in [-0.15, -0.1) is 0 Å². The first-order chi connectivity index (χ1) is 4.88. The van der Waals surface area contributed by atoms with E-state index in [0.29, 0.717) is 0 Å². The van der Waals surface area contributed by atoms with Gasteiger partial charge in [0.15, 0.2) is 0 Å². The summed E-state index contributed by atoms with van der Waals surface area (Å²) in [6.45, 7) is 0.735. The van der Waals surface area contributed by atoms with Crippen molar-refractivity contribution < 1.29 is 0 Å². The Morgan fingerprint density at radius 1 is 1.70 bits per heavy atom. The van der Waals surface area contributed by atoms with E-state index in [4.69, 9.17) is 0 Å². The number of nitrogens with one attached hydrogen (secondary N) is 1. The van der Waals surface area contributed by atoms with Crippen LogP contribution in [0.2, 0.25) is 0 Å². The Morgan fingerprint density at radius 3 is 3.40 bits per heavy atom. The average Bonchev–Trinajstić information content (AvgIpc) is 2.34. The lowest BCUT2D eigenvalue weighted by molar-refractivity contribution is 0.712. The number of aryl methyl sites for hydroxylation is 1. The van der Waals surface area contributed by atoms with Gasteiger partial charge >= 0.3 is 0 Å². The van der Waals surface area contributed by atoms with Crippen molar-refractivity contribution in [1.29, 1.82) is 0 Å². The van der Waals surface area contributed by atoms with Gasteiger partial charge in [0.25, 0.3) is 0 Å². The molecular weight excluding hydrogens is 128 g/mol. The lowest BCUT2D eigenvalue weighted by Gasteiger charge is -2.06. The van der Waals surface area contributed by atoms with E-state index in [9.17, 15) is 0 Å². The number of rotatable bonds is 0. The van der Waals surface area contributed by atoms with E-state index in [1.54, 1.807) is 12.5 Å². The van der Waals surface area contributed by atoms with Gasteiger partial charge < -0.3 is 5.32 Å². The quantitative estimate of drug-likeness (QED) is 0.560. The van der Waals surface area contributed by atoms with Crippen molar-refractivity contribution in [3.8, 4) is 0 Å². The van der Waals surface area contributed by atoms with E-state index in [-0.39, 0.29) is 0 Å². The van der Waals surface area contributed by atoms with Crippen LogP contribution in [0.5, 0.6) is 0 Å². The maximum absolute atomic E-state index is 4.07. The Balaban J connectivity index is 2.50. The number of anilines is 1. The summed E-state index contributed by atoms with van der Waals surface area (Å²) in [5, 5.41) is 7.08. The SMILES string of the molecule is Cn1ncc2c1CN=CN2. The molecular formula is C6H8N4. The average molecular weight is 136 g/mol. The van der Waals surface area contributed by atoms with Crippen molar-refractivity contribution >= 4 is 12.0 Å². The molecule has 1 aromatic heterocycles. The number of hydrogen-bond donors (Lipinski definition) is 1. The first-order valence-electron chi connectivity index (χ1n) is 3.13.